The Morgan fingerprint density at radius 3 is 1.56 bits per heavy atom. The van der Waals surface area contributed by atoms with Crippen LogP contribution in [0.1, 0.15) is 13.3 Å². The molecule has 0 bridgehead atoms. The van der Waals surface area contributed by atoms with Gasteiger partial charge in [-0.15, -0.1) is 0 Å². The van der Waals surface area contributed by atoms with Crippen LogP contribution >= 0.6 is 46.4 Å². The number of carbonyl (C=O) groups is 2. The Morgan fingerprint density at radius 1 is 0.840 bits per heavy atom. The molecule has 0 unspecified atom stereocenters. The average Bonchev–Trinajstić information content (AvgIpc) is 2.53. The van der Waals surface area contributed by atoms with Gasteiger partial charge in [-0.25, -0.2) is 0 Å². The molecule has 0 aliphatic carbocycles. The van der Waals surface area contributed by atoms with Crippen molar-refractivity contribution < 1.29 is 9.59 Å². The summed E-state index contributed by atoms with van der Waals surface area (Å²) in [4.78, 5) is 24.9. The van der Waals surface area contributed by atoms with Gasteiger partial charge in [0, 0.05) is 10.0 Å². The largest absolute Gasteiger partial charge is 0.324 e. The molecule has 0 saturated carbocycles. The molecular weight excluding hydrogens is 406 g/mol. The van der Waals surface area contributed by atoms with Crippen molar-refractivity contribution in [2.45, 2.75) is 13.3 Å². The molecule has 0 aliphatic heterocycles. The van der Waals surface area contributed by atoms with Gasteiger partial charge < -0.3 is 10.6 Å². The number of hydrogen-bond acceptors (Lipinski definition) is 2. The molecular formula is C17H14Cl4N2O2. The quantitative estimate of drug-likeness (QED) is 0.592. The molecule has 0 heterocycles. The minimum atomic E-state index is -0.918. The van der Waals surface area contributed by atoms with E-state index in [1.54, 1.807) is 31.2 Å². The lowest BCUT2D eigenvalue weighted by Gasteiger charge is -2.16. The highest BCUT2D eigenvalue weighted by molar-refractivity contribution is 6.37. The fraction of sp³-hybridized carbons (Fsp3) is 0.176. The highest BCUT2D eigenvalue weighted by Gasteiger charge is 2.26. The number of amides is 2. The molecule has 0 saturated heterocycles. The Morgan fingerprint density at radius 2 is 1.24 bits per heavy atom. The Bertz CT molecular complexity index is 746. The van der Waals surface area contributed by atoms with Crippen LogP contribution in [0.25, 0.3) is 0 Å². The zero-order valence-electron chi connectivity index (χ0n) is 13.1. The van der Waals surface area contributed by atoms with Gasteiger partial charge in [0.2, 0.25) is 11.8 Å². The van der Waals surface area contributed by atoms with Gasteiger partial charge in [-0.3, -0.25) is 9.59 Å². The summed E-state index contributed by atoms with van der Waals surface area (Å²) in [5.74, 6) is -1.87. The Kier molecular flexibility index (Phi) is 6.96. The normalized spacial score (nSPS) is 10.6. The van der Waals surface area contributed by atoms with Crippen molar-refractivity contribution in [2.75, 3.05) is 10.6 Å². The van der Waals surface area contributed by atoms with Crippen molar-refractivity contribution in [1.82, 2.24) is 0 Å². The van der Waals surface area contributed by atoms with Crippen LogP contribution in [0.4, 0.5) is 11.4 Å². The second-order valence-electron chi connectivity index (χ2n) is 5.19. The lowest BCUT2D eigenvalue weighted by atomic mass is 10.0. The van der Waals surface area contributed by atoms with E-state index in [-0.39, 0.29) is 10.0 Å². The fourth-order valence-corrected chi connectivity index (χ4v) is 3.02. The summed E-state index contributed by atoms with van der Waals surface area (Å²) in [5, 5.41) is 6.74. The zero-order chi connectivity index (χ0) is 18.6. The maximum atomic E-state index is 12.4. The van der Waals surface area contributed by atoms with Gasteiger partial charge in [0.05, 0.1) is 21.4 Å². The Hall–Kier alpha value is -1.46. The van der Waals surface area contributed by atoms with E-state index in [1.807, 2.05) is 0 Å². The molecule has 25 heavy (non-hydrogen) atoms. The predicted octanol–water partition coefficient (Wildman–Crippen LogP) is 5.90. The molecule has 4 nitrogen and oxygen atoms in total. The summed E-state index contributed by atoms with van der Waals surface area (Å²) < 4.78 is 0. The number of hydrogen-bond donors (Lipinski definition) is 2. The third-order valence-electron chi connectivity index (χ3n) is 3.42. The molecule has 0 atom stereocenters. The van der Waals surface area contributed by atoms with E-state index in [1.165, 1.54) is 12.1 Å². The highest BCUT2D eigenvalue weighted by Crippen LogP contribution is 2.28. The SMILES string of the molecule is CCC(C(=O)Nc1ccc(Cl)cc1Cl)C(=O)Nc1ccc(Cl)cc1Cl. The molecule has 2 N–H and O–H groups in total. The first-order valence-corrected chi connectivity index (χ1v) is 8.84. The first-order valence-electron chi connectivity index (χ1n) is 7.33. The first kappa shape index (κ1) is 19.9. The molecule has 8 heteroatoms. The molecule has 2 aromatic carbocycles. The maximum absolute atomic E-state index is 12.4. The van der Waals surface area contributed by atoms with Gasteiger partial charge in [-0.05, 0) is 42.8 Å². The number of carbonyl (C=O) groups excluding carboxylic acids is 2. The maximum Gasteiger partial charge on any atom is 0.236 e. The van der Waals surface area contributed by atoms with Crippen molar-refractivity contribution in [3.05, 3.63) is 56.5 Å². The molecule has 2 amide bonds. The van der Waals surface area contributed by atoms with E-state index in [9.17, 15) is 9.59 Å². The molecule has 2 rings (SSSR count). The van der Waals surface area contributed by atoms with Gasteiger partial charge in [0.15, 0.2) is 0 Å². The zero-order valence-corrected chi connectivity index (χ0v) is 16.1. The molecule has 0 aromatic heterocycles. The lowest BCUT2D eigenvalue weighted by Crippen LogP contribution is -2.33. The Balaban J connectivity index is 2.11. The van der Waals surface area contributed by atoms with Crippen LogP contribution in [0, 0.1) is 5.92 Å². The summed E-state index contributed by atoms with van der Waals surface area (Å²) in [5.41, 5.74) is 0.763. The summed E-state index contributed by atoms with van der Waals surface area (Å²) in [6, 6.07) is 9.35. The van der Waals surface area contributed by atoms with Crippen molar-refractivity contribution in [3.63, 3.8) is 0 Å². The molecule has 0 aliphatic rings. The molecule has 132 valence electrons. The van der Waals surface area contributed by atoms with Crippen LogP contribution in [0.3, 0.4) is 0 Å². The van der Waals surface area contributed by atoms with Crippen molar-refractivity contribution in [3.8, 4) is 0 Å². The fourth-order valence-electron chi connectivity index (χ4n) is 2.11. The van der Waals surface area contributed by atoms with Crippen molar-refractivity contribution in [1.29, 1.82) is 0 Å². The van der Waals surface area contributed by atoms with Gasteiger partial charge in [-0.2, -0.15) is 0 Å². The summed E-state index contributed by atoms with van der Waals surface area (Å²) >= 11 is 23.7. The van der Waals surface area contributed by atoms with Crippen LogP contribution in [-0.4, -0.2) is 11.8 Å². The van der Waals surface area contributed by atoms with Crippen LogP contribution < -0.4 is 10.6 Å². The second-order valence-corrected chi connectivity index (χ2v) is 6.87. The van der Waals surface area contributed by atoms with E-state index < -0.39 is 17.7 Å². The minimum Gasteiger partial charge on any atom is -0.324 e. The van der Waals surface area contributed by atoms with E-state index in [4.69, 9.17) is 46.4 Å². The lowest BCUT2D eigenvalue weighted by molar-refractivity contribution is -0.129. The molecule has 2 aromatic rings. The summed E-state index contributed by atoms with van der Waals surface area (Å²) in [6.45, 7) is 1.73. The minimum absolute atomic E-state index is 0.289. The van der Waals surface area contributed by atoms with E-state index in [0.29, 0.717) is 27.8 Å². The van der Waals surface area contributed by atoms with Crippen molar-refractivity contribution >= 4 is 69.6 Å². The van der Waals surface area contributed by atoms with Crippen LogP contribution in [-0.2, 0) is 9.59 Å². The third kappa shape index (κ3) is 5.25. The highest BCUT2D eigenvalue weighted by atomic mass is 35.5. The smallest absolute Gasteiger partial charge is 0.236 e. The molecule has 0 spiro atoms. The predicted molar refractivity (Wildman–Crippen MR) is 104 cm³/mol. The number of nitrogens with one attached hydrogen (secondary N) is 2. The standard InChI is InChI=1S/C17H14Cl4N2O2/c1-2-11(16(24)22-14-5-3-9(18)7-12(14)20)17(25)23-15-6-4-10(19)8-13(15)21/h3-8,11H,2H2,1H3,(H,22,24)(H,23,25). The van der Waals surface area contributed by atoms with E-state index >= 15 is 0 Å². The molecule has 0 fully saturated rings. The number of halogens is 4. The van der Waals surface area contributed by atoms with Gasteiger partial charge in [-0.1, -0.05) is 53.3 Å². The number of anilines is 2. The van der Waals surface area contributed by atoms with Gasteiger partial charge in [0.1, 0.15) is 5.92 Å². The van der Waals surface area contributed by atoms with Crippen molar-refractivity contribution in [2.24, 2.45) is 5.92 Å². The van der Waals surface area contributed by atoms with Gasteiger partial charge >= 0.3 is 0 Å². The monoisotopic (exact) mass is 418 g/mol. The number of rotatable bonds is 5. The van der Waals surface area contributed by atoms with E-state index in [0.717, 1.165) is 0 Å². The second kappa shape index (κ2) is 8.77. The number of benzene rings is 2. The third-order valence-corrected chi connectivity index (χ3v) is 4.51. The topological polar surface area (TPSA) is 58.2 Å². The molecule has 0 radical (unpaired) electrons. The average molecular weight is 420 g/mol. The summed E-state index contributed by atoms with van der Waals surface area (Å²) in [7, 11) is 0. The Labute approximate surface area is 165 Å². The van der Waals surface area contributed by atoms with E-state index in [2.05, 4.69) is 10.6 Å². The van der Waals surface area contributed by atoms with Crippen LogP contribution in [0.15, 0.2) is 36.4 Å². The summed E-state index contributed by atoms with van der Waals surface area (Å²) in [6.07, 6.45) is 0.300. The van der Waals surface area contributed by atoms with Gasteiger partial charge in [0.25, 0.3) is 0 Å². The first-order chi connectivity index (χ1) is 11.8. The van der Waals surface area contributed by atoms with Crippen LogP contribution in [0.5, 0.6) is 0 Å². The van der Waals surface area contributed by atoms with Crippen LogP contribution in [0.2, 0.25) is 20.1 Å².